The van der Waals surface area contributed by atoms with Crippen molar-refractivity contribution in [2.24, 2.45) is 0 Å². The van der Waals surface area contributed by atoms with Crippen molar-refractivity contribution >= 4 is 22.9 Å². The molecule has 0 heterocycles. The molecule has 0 bridgehead atoms. The van der Waals surface area contributed by atoms with Gasteiger partial charge in [-0.2, -0.15) is 0 Å². The quantitative estimate of drug-likeness (QED) is 0.617. The fourth-order valence-corrected chi connectivity index (χ4v) is 2.73. The first-order valence-electron chi connectivity index (χ1n) is 7.72. The number of benzene rings is 3. The Kier molecular flexibility index (Phi) is 4.71. The molecule has 0 saturated carbocycles. The van der Waals surface area contributed by atoms with E-state index in [0.29, 0.717) is 0 Å². The van der Waals surface area contributed by atoms with Gasteiger partial charge in [0.15, 0.2) is 0 Å². The highest BCUT2D eigenvalue weighted by Crippen LogP contribution is 2.30. The Morgan fingerprint density at radius 1 is 0.708 bits per heavy atom. The van der Waals surface area contributed by atoms with Gasteiger partial charge >= 0.3 is 0 Å². The second-order valence-corrected chi connectivity index (χ2v) is 5.38. The van der Waals surface area contributed by atoms with E-state index in [1.807, 2.05) is 42.5 Å². The Hall–Kier alpha value is -2.94. The van der Waals surface area contributed by atoms with Crippen LogP contribution in [-0.4, -0.2) is 21.3 Å². The number of fused-ring (bicyclic) bond motifs is 1. The Morgan fingerprint density at radius 2 is 1.42 bits per heavy atom. The molecule has 3 rings (SSSR count). The van der Waals surface area contributed by atoms with Crippen LogP contribution < -0.4 is 14.2 Å². The zero-order valence-electron chi connectivity index (χ0n) is 14.1. The van der Waals surface area contributed by atoms with Crippen molar-refractivity contribution in [2.75, 3.05) is 21.3 Å². The molecule has 3 heteroatoms. The van der Waals surface area contributed by atoms with Crippen molar-refractivity contribution in [1.29, 1.82) is 0 Å². The van der Waals surface area contributed by atoms with Gasteiger partial charge in [0, 0.05) is 11.6 Å². The van der Waals surface area contributed by atoms with Crippen LogP contribution in [0.3, 0.4) is 0 Å². The van der Waals surface area contributed by atoms with E-state index in [9.17, 15) is 0 Å². The summed E-state index contributed by atoms with van der Waals surface area (Å²) in [7, 11) is 4.99. The maximum atomic E-state index is 5.53. The van der Waals surface area contributed by atoms with E-state index in [2.05, 4.69) is 24.3 Å². The Balaban J connectivity index is 2.07. The second kappa shape index (κ2) is 7.09. The van der Waals surface area contributed by atoms with Crippen LogP contribution in [0.25, 0.3) is 22.9 Å². The van der Waals surface area contributed by atoms with Gasteiger partial charge in [-0.1, -0.05) is 42.5 Å². The first-order chi connectivity index (χ1) is 11.7. The van der Waals surface area contributed by atoms with Crippen molar-refractivity contribution in [3.8, 4) is 17.2 Å². The molecule has 122 valence electrons. The van der Waals surface area contributed by atoms with Gasteiger partial charge in [0.1, 0.15) is 17.2 Å². The molecular weight excluding hydrogens is 300 g/mol. The van der Waals surface area contributed by atoms with Crippen LogP contribution in [0, 0.1) is 0 Å². The van der Waals surface area contributed by atoms with Gasteiger partial charge in [-0.05, 0) is 34.5 Å². The summed E-state index contributed by atoms with van der Waals surface area (Å²) >= 11 is 0. The minimum Gasteiger partial charge on any atom is -0.497 e. The molecule has 0 fully saturated rings. The third-order valence-corrected chi connectivity index (χ3v) is 3.97. The number of methoxy groups -OCH3 is 3. The predicted octanol–water partition coefficient (Wildman–Crippen LogP) is 5.04. The average molecular weight is 320 g/mol. The highest BCUT2D eigenvalue weighted by Gasteiger charge is 2.06. The fraction of sp³-hybridized carbons (Fsp3) is 0.143. The molecule has 0 aliphatic carbocycles. The van der Waals surface area contributed by atoms with Gasteiger partial charge in [0.25, 0.3) is 0 Å². The molecule has 3 aromatic carbocycles. The molecule has 0 aliphatic rings. The molecule has 0 aliphatic heterocycles. The minimum absolute atomic E-state index is 0.763. The molecule has 3 nitrogen and oxygen atoms in total. The van der Waals surface area contributed by atoms with Gasteiger partial charge in [-0.3, -0.25) is 0 Å². The van der Waals surface area contributed by atoms with E-state index in [0.717, 1.165) is 33.8 Å². The largest absolute Gasteiger partial charge is 0.497 e. The zero-order chi connectivity index (χ0) is 16.9. The van der Waals surface area contributed by atoms with Gasteiger partial charge in [0.2, 0.25) is 0 Å². The summed E-state index contributed by atoms with van der Waals surface area (Å²) in [5.74, 6) is 2.37. The SMILES string of the molecule is COc1cc(C=Cc2c(OC)ccc3ccccc23)cc(OC)c1. The molecule has 24 heavy (non-hydrogen) atoms. The Labute approximate surface area is 142 Å². The van der Waals surface area contributed by atoms with Crippen LogP contribution >= 0.6 is 0 Å². The minimum atomic E-state index is 0.763. The molecule has 0 aromatic heterocycles. The molecule has 0 amide bonds. The van der Waals surface area contributed by atoms with Crippen LogP contribution in [0.15, 0.2) is 54.6 Å². The Morgan fingerprint density at radius 3 is 2.08 bits per heavy atom. The van der Waals surface area contributed by atoms with Crippen LogP contribution in [-0.2, 0) is 0 Å². The first-order valence-corrected chi connectivity index (χ1v) is 7.72. The fourth-order valence-electron chi connectivity index (χ4n) is 2.73. The van der Waals surface area contributed by atoms with Crippen LogP contribution in [0.4, 0.5) is 0 Å². The summed E-state index contributed by atoms with van der Waals surface area (Å²) in [6.07, 6.45) is 4.10. The summed E-state index contributed by atoms with van der Waals surface area (Å²) in [6, 6.07) is 18.1. The number of hydrogen-bond donors (Lipinski definition) is 0. The van der Waals surface area contributed by atoms with Crippen molar-refractivity contribution in [2.45, 2.75) is 0 Å². The highest BCUT2D eigenvalue weighted by atomic mass is 16.5. The monoisotopic (exact) mass is 320 g/mol. The summed E-state index contributed by atoms with van der Waals surface area (Å²) in [4.78, 5) is 0. The first kappa shape index (κ1) is 15.9. The molecule has 0 atom stereocenters. The predicted molar refractivity (Wildman–Crippen MR) is 99.0 cm³/mol. The lowest BCUT2D eigenvalue weighted by Gasteiger charge is -2.09. The highest BCUT2D eigenvalue weighted by molar-refractivity contribution is 5.95. The summed E-state index contributed by atoms with van der Waals surface area (Å²) in [5, 5.41) is 2.34. The molecule has 0 radical (unpaired) electrons. The topological polar surface area (TPSA) is 27.7 Å². The number of rotatable bonds is 5. The van der Waals surface area contributed by atoms with Crippen LogP contribution in [0.2, 0.25) is 0 Å². The lowest BCUT2D eigenvalue weighted by Crippen LogP contribution is -1.89. The van der Waals surface area contributed by atoms with Crippen molar-refractivity contribution in [3.63, 3.8) is 0 Å². The Bertz CT molecular complexity index is 859. The van der Waals surface area contributed by atoms with E-state index in [4.69, 9.17) is 14.2 Å². The van der Waals surface area contributed by atoms with E-state index in [1.54, 1.807) is 21.3 Å². The number of ether oxygens (including phenoxy) is 3. The lowest BCUT2D eigenvalue weighted by atomic mass is 10.0. The van der Waals surface area contributed by atoms with Crippen molar-refractivity contribution in [1.82, 2.24) is 0 Å². The normalized spacial score (nSPS) is 11.0. The van der Waals surface area contributed by atoms with Crippen molar-refractivity contribution in [3.05, 3.63) is 65.7 Å². The smallest absolute Gasteiger partial charge is 0.126 e. The van der Waals surface area contributed by atoms with Gasteiger partial charge in [-0.15, -0.1) is 0 Å². The standard InChI is InChI=1S/C21H20O3/c1-22-17-12-15(13-18(14-17)23-2)8-10-20-19-7-5-4-6-16(19)9-11-21(20)24-3/h4-14H,1-3H3. The molecule has 0 saturated heterocycles. The van der Waals surface area contributed by atoms with Gasteiger partial charge in [0.05, 0.1) is 21.3 Å². The maximum Gasteiger partial charge on any atom is 0.126 e. The van der Waals surface area contributed by atoms with Crippen LogP contribution in [0.5, 0.6) is 17.2 Å². The molecular formula is C21H20O3. The van der Waals surface area contributed by atoms with E-state index in [1.165, 1.54) is 5.39 Å². The molecule has 3 aromatic rings. The van der Waals surface area contributed by atoms with E-state index >= 15 is 0 Å². The van der Waals surface area contributed by atoms with Crippen LogP contribution in [0.1, 0.15) is 11.1 Å². The molecule has 0 N–H and O–H groups in total. The molecule has 0 unspecified atom stereocenters. The van der Waals surface area contributed by atoms with Gasteiger partial charge in [-0.25, -0.2) is 0 Å². The third-order valence-electron chi connectivity index (χ3n) is 3.97. The van der Waals surface area contributed by atoms with Crippen molar-refractivity contribution < 1.29 is 14.2 Å². The molecule has 0 spiro atoms. The summed E-state index contributed by atoms with van der Waals surface area (Å²) < 4.78 is 16.2. The maximum absolute atomic E-state index is 5.53. The number of hydrogen-bond acceptors (Lipinski definition) is 3. The summed E-state index contributed by atoms with van der Waals surface area (Å²) in [6.45, 7) is 0. The zero-order valence-corrected chi connectivity index (χ0v) is 14.1. The summed E-state index contributed by atoms with van der Waals surface area (Å²) in [5.41, 5.74) is 2.05. The van der Waals surface area contributed by atoms with E-state index < -0.39 is 0 Å². The average Bonchev–Trinajstić information content (AvgIpc) is 2.65. The van der Waals surface area contributed by atoms with E-state index in [-0.39, 0.29) is 0 Å². The second-order valence-electron chi connectivity index (χ2n) is 5.38. The van der Waals surface area contributed by atoms with Gasteiger partial charge < -0.3 is 14.2 Å². The lowest BCUT2D eigenvalue weighted by molar-refractivity contribution is 0.394. The third kappa shape index (κ3) is 3.20.